The van der Waals surface area contributed by atoms with Crippen LogP contribution in [0, 0.1) is 0 Å². The second-order valence-corrected chi connectivity index (χ2v) is 7.68. The van der Waals surface area contributed by atoms with Gasteiger partial charge in [0, 0.05) is 55.9 Å². The molecule has 0 atom stereocenters. The van der Waals surface area contributed by atoms with Crippen LogP contribution in [0.5, 0.6) is 0 Å². The number of anilines is 5. The van der Waals surface area contributed by atoms with Gasteiger partial charge in [0.1, 0.15) is 11.6 Å². The van der Waals surface area contributed by atoms with Crippen molar-refractivity contribution in [2.45, 2.75) is 33.1 Å². The number of carbonyl (C=O) groups excluding carboxylic acids is 1. The minimum atomic E-state index is 0.0840. The zero-order valence-electron chi connectivity index (χ0n) is 17.2. The molecule has 3 heterocycles. The van der Waals surface area contributed by atoms with E-state index >= 15 is 0 Å². The third kappa shape index (κ3) is 3.94. The third-order valence-corrected chi connectivity index (χ3v) is 5.15. The van der Waals surface area contributed by atoms with Gasteiger partial charge in [-0.1, -0.05) is 13.8 Å². The highest BCUT2D eigenvalue weighted by molar-refractivity contribution is 5.94. The van der Waals surface area contributed by atoms with E-state index in [-0.39, 0.29) is 5.91 Å². The molecule has 1 aromatic carbocycles. The van der Waals surface area contributed by atoms with Gasteiger partial charge < -0.3 is 15.5 Å². The van der Waals surface area contributed by atoms with Crippen LogP contribution in [-0.4, -0.2) is 27.2 Å². The predicted octanol–water partition coefficient (Wildman–Crippen LogP) is 4.33. The van der Waals surface area contributed by atoms with Gasteiger partial charge in [-0.25, -0.2) is 4.98 Å². The maximum absolute atomic E-state index is 11.7. The summed E-state index contributed by atoms with van der Waals surface area (Å²) in [6.45, 7) is 6.62. The SMILES string of the molecule is CC(=O)N1CCc2cc(Nc3cc(Nc4cc(C(C)C)nn4C)ccn3)ccc21. The van der Waals surface area contributed by atoms with Crippen LogP contribution in [-0.2, 0) is 18.3 Å². The molecule has 150 valence electrons. The molecule has 3 aromatic rings. The number of amides is 1. The number of aromatic nitrogens is 3. The molecule has 2 aromatic heterocycles. The normalized spacial score (nSPS) is 12.9. The molecule has 0 saturated heterocycles. The molecule has 1 amide bonds. The first-order valence-electron chi connectivity index (χ1n) is 9.86. The number of hydrogen-bond acceptors (Lipinski definition) is 5. The Morgan fingerprint density at radius 3 is 2.62 bits per heavy atom. The first-order valence-corrected chi connectivity index (χ1v) is 9.86. The summed E-state index contributed by atoms with van der Waals surface area (Å²) in [5.74, 6) is 2.15. The van der Waals surface area contributed by atoms with E-state index in [1.54, 1.807) is 13.1 Å². The Morgan fingerprint density at radius 2 is 1.90 bits per heavy atom. The third-order valence-electron chi connectivity index (χ3n) is 5.15. The van der Waals surface area contributed by atoms with Gasteiger partial charge in [-0.3, -0.25) is 9.48 Å². The smallest absolute Gasteiger partial charge is 0.223 e. The molecule has 2 N–H and O–H groups in total. The van der Waals surface area contributed by atoms with E-state index in [0.29, 0.717) is 5.92 Å². The summed E-state index contributed by atoms with van der Waals surface area (Å²) in [6, 6.07) is 12.0. The van der Waals surface area contributed by atoms with Crippen molar-refractivity contribution >= 4 is 34.6 Å². The number of pyridine rings is 1. The molecule has 29 heavy (non-hydrogen) atoms. The zero-order valence-corrected chi connectivity index (χ0v) is 17.2. The number of fused-ring (bicyclic) bond motifs is 1. The average molecular weight is 390 g/mol. The Hall–Kier alpha value is -3.35. The van der Waals surface area contributed by atoms with Crippen molar-refractivity contribution in [1.82, 2.24) is 14.8 Å². The Labute approximate surface area is 170 Å². The Bertz CT molecular complexity index is 1060. The summed E-state index contributed by atoms with van der Waals surface area (Å²) < 4.78 is 1.85. The van der Waals surface area contributed by atoms with E-state index in [1.165, 1.54) is 5.56 Å². The van der Waals surface area contributed by atoms with E-state index in [2.05, 4.69) is 46.7 Å². The quantitative estimate of drug-likeness (QED) is 0.678. The van der Waals surface area contributed by atoms with Gasteiger partial charge in [0.05, 0.1) is 5.69 Å². The fourth-order valence-corrected chi connectivity index (χ4v) is 3.57. The van der Waals surface area contributed by atoms with Crippen LogP contribution in [0.1, 0.15) is 37.9 Å². The molecule has 0 spiro atoms. The van der Waals surface area contributed by atoms with Crippen LogP contribution in [0.15, 0.2) is 42.6 Å². The van der Waals surface area contributed by atoms with Gasteiger partial charge in [0.25, 0.3) is 0 Å². The molecule has 7 heteroatoms. The Balaban J connectivity index is 1.51. The number of hydrogen-bond donors (Lipinski definition) is 2. The number of benzene rings is 1. The fourth-order valence-electron chi connectivity index (χ4n) is 3.57. The molecule has 0 unspecified atom stereocenters. The van der Waals surface area contributed by atoms with Gasteiger partial charge in [-0.15, -0.1) is 0 Å². The van der Waals surface area contributed by atoms with Crippen molar-refractivity contribution < 1.29 is 4.79 Å². The summed E-state index contributed by atoms with van der Waals surface area (Å²) >= 11 is 0. The van der Waals surface area contributed by atoms with Gasteiger partial charge in [0.2, 0.25) is 5.91 Å². The van der Waals surface area contributed by atoms with E-state index in [1.807, 2.05) is 40.9 Å². The van der Waals surface area contributed by atoms with Gasteiger partial charge in [-0.2, -0.15) is 5.10 Å². The largest absolute Gasteiger partial charge is 0.340 e. The molecule has 0 bridgehead atoms. The summed E-state index contributed by atoms with van der Waals surface area (Å²) in [4.78, 5) is 18.0. The highest BCUT2D eigenvalue weighted by atomic mass is 16.2. The first-order chi connectivity index (χ1) is 13.9. The van der Waals surface area contributed by atoms with Crippen LogP contribution in [0.3, 0.4) is 0 Å². The maximum Gasteiger partial charge on any atom is 0.223 e. The Morgan fingerprint density at radius 1 is 1.10 bits per heavy atom. The van der Waals surface area contributed by atoms with Gasteiger partial charge in [0.15, 0.2) is 0 Å². The number of aryl methyl sites for hydroxylation is 1. The van der Waals surface area contributed by atoms with Crippen LogP contribution in [0.25, 0.3) is 0 Å². The van der Waals surface area contributed by atoms with Crippen molar-refractivity contribution in [2.75, 3.05) is 22.1 Å². The minimum Gasteiger partial charge on any atom is -0.340 e. The highest BCUT2D eigenvalue weighted by Crippen LogP contribution is 2.31. The number of carbonyl (C=O) groups is 1. The first kappa shape index (κ1) is 19.0. The van der Waals surface area contributed by atoms with Crippen molar-refractivity contribution in [1.29, 1.82) is 0 Å². The van der Waals surface area contributed by atoms with Crippen LogP contribution >= 0.6 is 0 Å². The van der Waals surface area contributed by atoms with Crippen molar-refractivity contribution in [3.63, 3.8) is 0 Å². The average Bonchev–Trinajstić information content (AvgIpc) is 3.26. The molecule has 4 rings (SSSR count). The molecule has 0 aliphatic carbocycles. The Kier molecular flexibility index (Phi) is 4.96. The van der Waals surface area contributed by atoms with Crippen molar-refractivity contribution in [3.05, 3.63) is 53.9 Å². The van der Waals surface area contributed by atoms with Crippen LogP contribution in [0.2, 0.25) is 0 Å². The summed E-state index contributed by atoms with van der Waals surface area (Å²) in [5, 5.41) is 11.3. The summed E-state index contributed by atoms with van der Waals surface area (Å²) in [7, 11) is 1.93. The second-order valence-electron chi connectivity index (χ2n) is 7.68. The molecular formula is C22H26N6O. The van der Waals surface area contributed by atoms with E-state index in [9.17, 15) is 4.79 Å². The summed E-state index contributed by atoms with van der Waals surface area (Å²) in [5.41, 5.74) is 5.13. The predicted molar refractivity (Wildman–Crippen MR) is 116 cm³/mol. The summed E-state index contributed by atoms with van der Waals surface area (Å²) in [6.07, 6.45) is 2.65. The molecule has 1 aliphatic rings. The lowest BCUT2D eigenvalue weighted by atomic mass is 10.1. The number of rotatable bonds is 5. The molecule has 0 saturated carbocycles. The van der Waals surface area contributed by atoms with Crippen LogP contribution < -0.4 is 15.5 Å². The zero-order chi connectivity index (χ0) is 20.5. The maximum atomic E-state index is 11.7. The lowest BCUT2D eigenvalue weighted by molar-refractivity contribution is -0.116. The molecule has 0 radical (unpaired) electrons. The van der Waals surface area contributed by atoms with Gasteiger partial charge >= 0.3 is 0 Å². The minimum absolute atomic E-state index is 0.0840. The van der Waals surface area contributed by atoms with Gasteiger partial charge in [-0.05, 0) is 42.2 Å². The topological polar surface area (TPSA) is 75.1 Å². The molecular weight excluding hydrogens is 364 g/mol. The standard InChI is InChI=1S/C22H26N6O/c1-14(2)19-13-22(27(4)26-19)25-18-7-9-23-21(12-18)24-17-5-6-20-16(11-17)8-10-28(20)15(3)29/h5-7,9,11-14H,8,10H2,1-4H3,(H2,23,24,25). The fraction of sp³-hybridized carbons (Fsp3) is 0.318. The van der Waals surface area contributed by atoms with E-state index < -0.39 is 0 Å². The monoisotopic (exact) mass is 390 g/mol. The highest BCUT2D eigenvalue weighted by Gasteiger charge is 2.22. The van der Waals surface area contributed by atoms with E-state index in [0.717, 1.165) is 47.4 Å². The second kappa shape index (κ2) is 7.58. The lowest BCUT2D eigenvalue weighted by Crippen LogP contribution is -2.25. The van der Waals surface area contributed by atoms with E-state index in [4.69, 9.17) is 0 Å². The van der Waals surface area contributed by atoms with Crippen molar-refractivity contribution in [2.24, 2.45) is 7.05 Å². The number of nitrogens with one attached hydrogen (secondary N) is 2. The lowest BCUT2D eigenvalue weighted by Gasteiger charge is -2.15. The van der Waals surface area contributed by atoms with Crippen molar-refractivity contribution in [3.8, 4) is 0 Å². The molecule has 0 fully saturated rings. The van der Waals surface area contributed by atoms with Crippen LogP contribution in [0.4, 0.5) is 28.7 Å². The number of nitrogens with zero attached hydrogens (tertiary/aromatic N) is 4. The molecule has 7 nitrogen and oxygen atoms in total. The molecule has 1 aliphatic heterocycles.